The van der Waals surface area contributed by atoms with Crippen LogP contribution in [0.4, 0.5) is 5.82 Å². The quantitative estimate of drug-likeness (QED) is 0.625. The number of rotatable bonds is 5. The number of anilines is 1. The number of aliphatic imine (C=N–C) groups is 1. The smallest absolute Gasteiger partial charge is 0.191 e. The van der Waals surface area contributed by atoms with Gasteiger partial charge in [-0.1, -0.05) is 11.6 Å². The van der Waals surface area contributed by atoms with Crippen LogP contribution in [0.1, 0.15) is 12.8 Å². The molecule has 1 aromatic rings. The molecular weight excluding hydrogens is 312 g/mol. The highest BCUT2D eigenvalue weighted by Gasteiger charge is 2.25. The summed E-state index contributed by atoms with van der Waals surface area (Å²) in [7, 11) is 1.82. The van der Waals surface area contributed by atoms with Gasteiger partial charge < -0.3 is 20.4 Å². The number of pyridine rings is 1. The molecule has 23 heavy (non-hydrogen) atoms. The Bertz CT molecular complexity index is 545. The second-order valence-corrected chi connectivity index (χ2v) is 6.49. The minimum absolute atomic E-state index is 0.364. The number of aromatic nitrogens is 1. The largest absolute Gasteiger partial charge is 0.355 e. The summed E-state index contributed by atoms with van der Waals surface area (Å²) < 4.78 is 0. The second-order valence-electron chi connectivity index (χ2n) is 6.08. The number of likely N-dealkylation sites (tertiary alicyclic amines) is 1. The highest BCUT2D eigenvalue weighted by atomic mass is 35.5. The molecule has 0 bridgehead atoms. The van der Waals surface area contributed by atoms with Crippen molar-refractivity contribution >= 4 is 23.4 Å². The van der Waals surface area contributed by atoms with Gasteiger partial charge in [0.1, 0.15) is 5.82 Å². The monoisotopic (exact) mass is 336 g/mol. The minimum Gasteiger partial charge on any atom is -0.355 e. The van der Waals surface area contributed by atoms with Crippen molar-refractivity contribution in [3.05, 3.63) is 23.4 Å². The van der Waals surface area contributed by atoms with Crippen LogP contribution in [0.2, 0.25) is 5.02 Å². The summed E-state index contributed by atoms with van der Waals surface area (Å²) in [5.74, 6) is 1.75. The number of halogens is 1. The third kappa shape index (κ3) is 4.26. The maximum absolute atomic E-state index is 6.24. The van der Waals surface area contributed by atoms with E-state index in [0.717, 1.165) is 44.4 Å². The lowest BCUT2D eigenvalue weighted by Gasteiger charge is -2.30. The molecule has 2 aliphatic heterocycles. The Labute approximate surface area is 142 Å². The molecule has 1 aromatic heterocycles. The van der Waals surface area contributed by atoms with Crippen molar-refractivity contribution in [3.8, 4) is 0 Å². The van der Waals surface area contributed by atoms with Crippen LogP contribution < -0.4 is 15.5 Å². The fraction of sp³-hybridized carbons (Fsp3) is 0.625. The van der Waals surface area contributed by atoms with Gasteiger partial charge in [0, 0.05) is 45.5 Å². The molecule has 3 heterocycles. The van der Waals surface area contributed by atoms with Gasteiger partial charge in [-0.25, -0.2) is 4.98 Å². The summed E-state index contributed by atoms with van der Waals surface area (Å²) in [6.07, 6.45) is 4.18. The molecule has 0 saturated carbocycles. The molecule has 0 spiro atoms. The third-order valence-electron chi connectivity index (χ3n) is 4.46. The molecule has 6 nitrogen and oxygen atoms in total. The molecule has 7 heteroatoms. The van der Waals surface area contributed by atoms with Crippen LogP contribution in [0.5, 0.6) is 0 Å². The summed E-state index contributed by atoms with van der Waals surface area (Å²) in [6.45, 7) is 6.33. The lowest BCUT2D eigenvalue weighted by Crippen LogP contribution is -2.48. The number of hydrogen-bond acceptors (Lipinski definition) is 4. The van der Waals surface area contributed by atoms with Crippen molar-refractivity contribution in [3.63, 3.8) is 0 Å². The summed E-state index contributed by atoms with van der Waals surface area (Å²) in [5.41, 5.74) is 0. The van der Waals surface area contributed by atoms with E-state index in [2.05, 4.69) is 30.4 Å². The normalized spacial score (nSPS) is 22.1. The first-order valence-electron chi connectivity index (χ1n) is 8.31. The van der Waals surface area contributed by atoms with Gasteiger partial charge in [0.15, 0.2) is 5.96 Å². The summed E-state index contributed by atoms with van der Waals surface area (Å²) >= 11 is 6.24. The van der Waals surface area contributed by atoms with E-state index in [-0.39, 0.29) is 0 Å². The standard InChI is InChI=1S/C16H25ClN6/c1-18-16(20-7-11-22-8-3-9-22)21-13-5-10-23(12-13)15-14(17)4-2-6-19-15/h2,4,6,13H,3,5,7-12H2,1H3,(H2,18,20,21). The molecular formula is C16H25ClN6. The summed E-state index contributed by atoms with van der Waals surface area (Å²) in [6, 6.07) is 4.12. The fourth-order valence-corrected chi connectivity index (χ4v) is 3.25. The Morgan fingerprint density at radius 3 is 3.00 bits per heavy atom. The van der Waals surface area contributed by atoms with Gasteiger partial charge in [-0.05, 0) is 38.1 Å². The van der Waals surface area contributed by atoms with Crippen LogP contribution in [0.15, 0.2) is 23.3 Å². The maximum Gasteiger partial charge on any atom is 0.191 e. The first kappa shape index (κ1) is 16.3. The van der Waals surface area contributed by atoms with Gasteiger partial charge in [0.2, 0.25) is 0 Å². The van der Waals surface area contributed by atoms with Gasteiger partial charge in [-0.3, -0.25) is 4.99 Å². The number of nitrogens with one attached hydrogen (secondary N) is 2. The lowest BCUT2D eigenvalue weighted by atomic mass is 10.2. The maximum atomic E-state index is 6.24. The Balaban J connectivity index is 1.45. The zero-order valence-corrected chi connectivity index (χ0v) is 14.4. The van der Waals surface area contributed by atoms with E-state index in [1.54, 1.807) is 6.20 Å². The molecule has 2 aliphatic rings. The first-order valence-corrected chi connectivity index (χ1v) is 8.69. The van der Waals surface area contributed by atoms with Crippen LogP contribution in [0.3, 0.4) is 0 Å². The van der Waals surface area contributed by atoms with Gasteiger partial charge in [0.25, 0.3) is 0 Å². The topological polar surface area (TPSA) is 55.8 Å². The van der Waals surface area contributed by atoms with E-state index >= 15 is 0 Å². The average Bonchev–Trinajstić information content (AvgIpc) is 2.97. The van der Waals surface area contributed by atoms with E-state index in [9.17, 15) is 0 Å². The first-order chi connectivity index (χ1) is 11.3. The summed E-state index contributed by atoms with van der Waals surface area (Å²) in [4.78, 5) is 13.4. The Morgan fingerprint density at radius 2 is 2.30 bits per heavy atom. The zero-order valence-electron chi connectivity index (χ0n) is 13.6. The van der Waals surface area contributed by atoms with Crippen LogP contribution >= 0.6 is 11.6 Å². The molecule has 0 aromatic carbocycles. The number of guanidine groups is 1. The van der Waals surface area contributed by atoms with E-state index < -0.39 is 0 Å². The van der Waals surface area contributed by atoms with E-state index in [1.807, 2.05) is 19.2 Å². The second kappa shape index (κ2) is 7.84. The molecule has 126 valence electrons. The Kier molecular flexibility index (Phi) is 5.56. The Morgan fingerprint density at radius 1 is 1.43 bits per heavy atom. The van der Waals surface area contributed by atoms with Crippen LogP contribution in [0, 0.1) is 0 Å². The predicted molar refractivity (Wildman–Crippen MR) is 95.4 cm³/mol. The average molecular weight is 337 g/mol. The molecule has 3 rings (SSSR count). The lowest BCUT2D eigenvalue weighted by molar-refractivity contribution is 0.185. The molecule has 2 saturated heterocycles. The van der Waals surface area contributed by atoms with Gasteiger partial charge in [-0.15, -0.1) is 0 Å². The van der Waals surface area contributed by atoms with Crippen molar-refractivity contribution < 1.29 is 0 Å². The van der Waals surface area contributed by atoms with Crippen molar-refractivity contribution in [2.24, 2.45) is 4.99 Å². The van der Waals surface area contributed by atoms with Crippen molar-refractivity contribution in [1.29, 1.82) is 0 Å². The van der Waals surface area contributed by atoms with Crippen molar-refractivity contribution in [2.45, 2.75) is 18.9 Å². The molecule has 1 atom stereocenters. The highest BCUT2D eigenvalue weighted by Crippen LogP contribution is 2.25. The van der Waals surface area contributed by atoms with E-state index in [0.29, 0.717) is 11.1 Å². The Hall–Kier alpha value is -1.53. The highest BCUT2D eigenvalue weighted by molar-refractivity contribution is 6.32. The summed E-state index contributed by atoms with van der Waals surface area (Å²) in [5, 5.41) is 7.61. The van der Waals surface area contributed by atoms with Crippen molar-refractivity contribution in [1.82, 2.24) is 20.5 Å². The third-order valence-corrected chi connectivity index (χ3v) is 4.76. The SMILES string of the molecule is CN=C(NCCN1CCC1)NC1CCN(c2ncccc2Cl)C1. The van der Waals surface area contributed by atoms with Crippen LogP contribution in [0.25, 0.3) is 0 Å². The van der Waals surface area contributed by atoms with E-state index in [1.165, 1.54) is 19.5 Å². The van der Waals surface area contributed by atoms with Gasteiger partial charge in [-0.2, -0.15) is 0 Å². The molecule has 0 amide bonds. The number of hydrogen-bond donors (Lipinski definition) is 2. The predicted octanol–water partition coefficient (Wildman–Crippen LogP) is 1.18. The van der Waals surface area contributed by atoms with Gasteiger partial charge >= 0.3 is 0 Å². The number of nitrogens with zero attached hydrogens (tertiary/aromatic N) is 4. The molecule has 0 aliphatic carbocycles. The zero-order chi connectivity index (χ0) is 16.1. The molecule has 2 fully saturated rings. The van der Waals surface area contributed by atoms with Crippen LogP contribution in [-0.4, -0.2) is 68.2 Å². The molecule has 0 radical (unpaired) electrons. The van der Waals surface area contributed by atoms with Crippen molar-refractivity contribution in [2.75, 3.05) is 51.2 Å². The molecule has 1 unspecified atom stereocenters. The van der Waals surface area contributed by atoms with Gasteiger partial charge in [0.05, 0.1) is 5.02 Å². The fourth-order valence-electron chi connectivity index (χ4n) is 3.01. The van der Waals surface area contributed by atoms with E-state index in [4.69, 9.17) is 11.6 Å². The molecule has 2 N–H and O–H groups in total. The minimum atomic E-state index is 0.364. The van der Waals surface area contributed by atoms with Crippen LogP contribution in [-0.2, 0) is 0 Å².